The van der Waals surface area contributed by atoms with Crippen LogP contribution in [0.2, 0.25) is 0 Å². The summed E-state index contributed by atoms with van der Waals surface area (Å²) in [6.07, 6.45) is 0. The molecule has 6 heteroatoms. The van der Waals surface area contributed by atoms with E-state index >= 15 is 0 Å². The van der Waals surface area contributed by atoms with Crippen LogP contribution >= 0.6 is 0 Å². The molecule has 1 aromatic carbocycles. The van der Waals surface area contributed by atoms with E-state index in [1.165, 1.54) is 4.90 Å². The van der Waals surface area contributed by atoms with Crippen molar-refractivity contribution in [2.75, 3.05) is 17.7 Å². The minimum Gasteiger partial charge on any atom is -0.368 e. The van der Waals surface area contributed by atoms with Crippen LogP contribution in [0.3, 0.4) is 0 Å². The number of nitrogens with zero attached hydrogens (tertiary/aromatic N) is 2. The fraction of sp³-hybridized carbons (Fsp3) is 0.0909. The smallest absolute Gasteiger partial charge is 0.319 e. The monoisotopic (exact) mass is 232 g/mol. The third-order valence-corrected chi connectivity index (χ3v) is 2.40. The number of amides is 2. The van der Waals surface area contributed by atoms with E-state index in [9.17, 15) is 4.79 Å². The average Bonchev–Trinajstić information content (AvgIpc) is 2.74. The molecule has 0 fully saturated rings. The summed E-state index contributed by atoms with van der Waals surface area (Å²) in [6, 6.07) is 8.26. The van der Waals surface area contributed by atoms with Crippen LogP contribution in [0.15, 0.2) is 34.9 Å². The van der Waals surface area contributed by atoms with E-state index in [0.717, 1.165) is 5.56 Å². The number of hydrogen-bond acceptors (Lipinski definition) is 4. The lowest BCUT2D eigenvalue weighted by atomic mass is 10.1. The number of para-hydroxylation sites is 1. The molecule has 0 bridgehead atoms. The number of nitrogen functional groups attached to an aromatic ring is 1. The van der Waals surface area contributed by atoms with Crippen LogP contribution in [0.25, 0.3) is 11.3 Å². The zero-order valence-corrected chi connectivity index (χ0v) is 9.25. The zero-order chi connectivity index (χ0) is 12.4. The number of aromatic nitrogens is 1. The zero-order valence-electron chi connectivity index (χ0n) is 9.25. The van der Waals surface area contributed by atoms with Gasteiger partial charge in [0.2, 0.25) is 5.88 Å². The Morgan fingerprint density at radius 2 is 2.12 bits per heavy atom. The highest BCUT2D eigenvalue weighted by molar-refractivity contribution is 5.94. The van der Waals surface area contributed by atoms with Gasteiger partial charge in [-0.05, 0) is 6.07 Å². The summed E-state index contributed by atoms with van der Waals surface area (Å²) in [7, 11) is 1.59. The van der Waals surface area contributed by atoms with Crippen molar-refractivity contribution in [1.29, 1.82) is 0 Å². The summed E-state index contributed by atoms with van der Waals surface area (Å²) in [6.45, 7) is 0. The Kier molecular flexibility index (Phi) is 2.70. The minimum atomic E-state index is -0.547. The molecule has 6 nitrogen and oxygen atoms in total. The number of benzene rings is 1. The van der Waals surface area contributed by atoms with Crippen LogP contribution in [0, 0.1) is 0 Å². The maximum Gasteiger partial charge on any atom is 0.319 e. The van der Waals surface area contributed by atoms with Crippen LogP contribution in [-0.2, 0) is 0 Å². The second-order valence-electron chi connectivity index (χ2n) is 3.53. The van der Waals surface area contributed by atoms with E-state index in [1.54, 1.807) is 19.2 Å². The van der Waals surface area contributed by atoms with Crippen LogP contribution in [0.4, 0.5) is 16.4 Å². The van der Waals surface area contributed by atoms with E-state index < -0.39 is 6.03 Å². The SMILES string of the molecule is CN(C(N)=O)c1ccccc1-c1cc(N)on1. The van der Waals surface area contributed by atoms with E-state index in [2.05, 4.69) is 5.16 Å². The van der Waals surface area contributed by atoms with Crippen molar-refractivity contribution in [2.24, 2.45) is 5.73 Å². The maximum atomic E-state index is 11.2. The lowest BCUT2D eigenvalue weighted by Crippen LogP contribution is -2.32. The Morgan fingerprint density at radius 3 is 2.71 bits per heavy atom. The van der Waals surface area contributed by atoms with Crippen molar-refractivity contribution in [3.63, 3.8) is 0 Å². The second-order valence-corrected chi connectivity index (χ2v) is 3.53. The summed E-state index contributed by atoms with van der Waals surface area (Å²) in [5, 5.41) is 3.81. The standard InChI is InChI=1S/C11H12N4O2/c1-15(11(13)16)9-5-3-2-4-7(9)8-6-10(12)17-14-8/h2-6H,12H2,1H3,(H2,13,16). The summed E-state index contributed by atoms with van der Waals surface area (Å²) < 4.78 is 4.81. The largest absolute Gasteiger partial charge is 0.368 e. The Hall–Kier alpha value is -2.50. The minimum absolute atomic E-state index is 0.219. The Labute approximate surface area is 97.8 Å². The molecule has 17 heavy (non-hydrogen) atoms. The van der Waals surface area contributed by atoms with Gasteiger partial charge in [-0.25, -0.2) is 4.79 Å². The fourth-order valence-electron chi connectivity index (χ4n) is 1.52. The molecule has 0 aliphatic carbocycles. The predicted molar refractivity (Wildman–Crippen MR) is 64.3 cm³/mol. The number of anilines is 2. The summed E-state index contributed by atoms with van der Waals surface area (Å²) in [5.41, 5.74) is 12.6. The Morgan fingerprint density at radius 1 is 1.41 bits per heavy atom. The molecule has 0 saturated carbocycles. The molecular formula is C11H12N4O2. The highest BCUT2D eigenvalue weighted by Crippen LogP contribution is 2.30. The predicted octanol–water partition coefficient (Wildman–Crippen LogP) is 1.44. The summed E-state index contributed by atoms with van der Waals surface area (Å²) >= 11 is 0. The molecule has 0 unspecified atom stereocenters. The lowest BCUT2D eigenvalue weighted by Gasteiger charge is -2.17. The molecule has 0 atom stereocenters. The van der Waals surface area contributed by atoms with Crippen molar-refractivity contribution in [3.05, 3.63) is 30.3 Å². The van der Waals surface area contributed by atoms with Crippen molar-refractivity contribution < 1.29 is 9.32 Å². The van der Waals surface area contributed by atoms with Gasteiger partial charge in [0.25, 0.3) is 0 Å². The number of nitrogens with two attached hydrogens (primary N) is 2. The molecule has 0 aliphatic rings. The van der Waals surface area contributed by atoms with E-state index in [0.29, 0.717) is 11.4 Å². The molecular weight excluding hydrogens is 220 g/mol. The van der Waals surface area contributed by atoms with Crippen LogP contribution in [0.5, 0.6) is 0 Å². The fourth-order valence-corrected chi connectivity index (χ4v) is 1.52. The van der Waals surface area contributed by atoms with Crippen molar-refractivity contribution in [1.82, 2.24) is 5.16 Å². The second kappa shape index (κ2) is 4.17. The Bertz CT molecular complexity index is 550. The summed E-state index contributed by atoms with van der Waals surface area (Å²) in [4.78, 5) is 12.5. The van der Waals surface area contributed by atoms with Gasteiger partial charge in [-0.1, -0.05) is 23.4 Å². The van der Waals surface area contributed by atoms with Gasteiger partial charge in [-0.2, -0.15) is 0 Å². The molecule has 88 valence electrons. The van der Waals surface area contributed by atoms with Crippen molar-refractivity contribution in [2.45, 2.75) is 0 Å². The van der Waals surface area contributed by atoms with Crippen LogP contribution in [0.1, 0.15) is 0 Å². The van der Waals surface area contributed by atoms with Gasteiger partial charge < -0.3 is 16.0 Å². The van der Waals surface area contributed by atoms with Gasteiger partial charge in [0.1, 0.15) is 5.69 Å². The van der Waals surface area contributed by atoms with E-state index in [4.69, 9.17) is 16.0 Å². The molecule has 2 amide bonds. The Balaban J connectivity index is 2.51. The highest BCUT2D eigenvalue weighted by atomic mass is 16.5. The molecule has 1 heterocycles. The molecule has 0 spiro atoms. The van der Waals surface area contributed by atoms with Crippen LogP contribution < -0.4 is 16.4 Å². The first-order chi connectivity index (χ1) is 8.09. The van der Waals surface area contributed by atoms with Gasteiger partial charge in [-0.3, -0.25) is 4.90 Å². The molecule has 0 radical (unpaired) electrons. The quantitative estimate of drug-likeness (QED) is 0.818. The topological polar surface area (TPSA) is 98.4 Å². The first-order valence-corrected chi connectivity index (χ1v) is 4.94. The normalized spacial score (nSPS) is 10.2. The van der Waals surface area contributed by atoms with Crippen molar-refractivity contribution >= 4 is 17.6 Å². The van der Waals surface area contributed by atoms with Crippen LogP contribution in [-0.4, -0.2) is 18.2 Å². The number of primary amides is 1. The van der Waals surface area contributed by atoms with Gasteiger partial charge in [0.15, 0.2) is 0 Å². The molecule has 1 aromatic heterocycles. The number of hydrogen-bond donors (Lipinski definition) is 2. The number of carbonyl (C=O) groups is 1. The highest BCUT2D eigenvalue weighted by Gasteiger charge is 2.14. The van der Waals surface area contributed by atoms with Gasteiger partial charge in [0, 0.05) is 18.7 Å². The van der Waals surface area contributed by atoms with Crippen molar-refractivity contribution in [3.8, 4) is 11.3 Å². The third-order valence-electron chi connectivity index (χ3n) is 2.40. The first kappa shape index (κ1) is 11.0. The van der Waals surface area contributed by atoms with Gasteiger partial charge >= 0.3 is 6.03 Å². The average molecular weight is 232 g/mol. The summed E-state index contributed by atoms with van der Waals surface area (Å²) in [5.74, 6) is 0.219. The first-order valence-electron chi connectivity index (χ1n) is 4.94. The maximum absolute atomic E-state index is 11.2. The molecule has 2 aromatic rings. The third kappa shape index (κ3) is 2.05. The number of carbonyl (C=O) groups excluding carboxylic acids is 1. The molecule has 4 N–H and O–H groups in total. The van der Waals surface area contributed by atoms with Gasteiger partial charge in [0.05, 0.1) is 5.69 Å². The van der Waals surface area contributed by atoms with E-state index in [1.807, 2.05) is 18.2 Å². The number of urea groups is 1. The number of rotatable bonds is 2. The molecule has 2 rings (SSSR count). The van der Waals surface area contributed by atoms with Gasteiger partial charge in [-0.15, -0.1) is 0 Å². The lowest BCUT2D eigenvalue weighted by molar-refractivity contribution is 0.255. The molecule has 0 saturated heterocycles. The molecule has 0 aliphatic heterocycles. The van der Waals surface area contributed by atoms with E-state index in [-0.39, 0.29) is 5.88 Å².